The fourth-order valence-electron chi connectivity index (χ4n) is 4.31. The van der Waals surface area contributed by atoms with Crippen LogP contribution in [0.15, 0.2) is 36.5 Å². The number of carbonyl (C=O) groups excluding carboxylic acids is 1. The monoisotopic (exact) mass is 364 g/mol. The topological polar surface area (TPSA) is 94.0 Å². The van der Waals surface area contributed by atoms with E-state index in [-0.39, 0.29) is 11.4 Å². The van der Waals surface area contributed by atoms with Gasteiger partial charge < -0.3 is 20.5 Å². The lowest BCUT2D eigenvalue weighted by Gasteiger charge is -2.42. The number of aromatic nitrogens is 3. The molecule has 1 aliphatic heterocycles. The Morgan fingerprint density at radius 2 is 2.07 bits per heavy atom. The summed E-state index contributed by atoms with van der Waals surface area (Å²) in [6, 6.07) is 10.1. The molecule has 0 bridgehead atoms. The number of nitrogens with one attached hydrogen (secondary N) is 2. The Hall–Kier alpha value is -2.80. The lowest BCUT2D eigenvalue weighted by Crippen LogP contribution is -2.57. The molecule has 1 saturated heterocycles. The van der Waals surface area contributed by atoms with Crippen molar-refractivity contribution in [1.29, 1.82) is 0 Å². The number of anilines is 1. The summed E-state index contributed by atoms with van der Waals surface area (Å²) < 4.78 is 0. The highest BCUT2D eigenvalue weighted by Gasteiger charge is 2.53. The van der Waals surface area contributed by atoms with Gasteiger partial charge in [-0.3, -0.25) is 9.89 Å². The molecule has 1 saturated carbocycles. The molecule has 2 aromatic heterocycles. The van der Waals surface area contributed by atoms with E-state index in [0.29, 0.717) is 13.0 Å². The van der Waals surface area contributed by atoms with Crippen LogP contribution in [-0.2, 0) is 17.8 Å². The summed E-state index contributed by atoms with van der Waals surface area (Å²) in [7, 11) is 0. The summed E-state index contributed by atoms with van der Waals surface area (Å²) in [5.74, 6) is 1.20. The van der Waals surface area contributed by atoms with Gasteiger partial charge in [-0.05, 0) is 30.0 Å². The second-order valence-electron chi connectivity index (χ2n) is 7.71. The predicted octanol–water partition coefficient (Wildman–Crippen LogP) is 1.77. The number of hydrogen-bond acceptors (Lipinski definition) is 4. The first-order chi connectivity index (χ1) is 13.2. The third-order valence-electron chi connectivity index (χ3n) is 5.92. The molecule has 140 valence electrons. The van der Waals surface area contributed by atoms with E-state index >= 15 is 0 Å². The molecule has 27 heavy (non-hydrogen) atoms. The molecule has 1 aliphatic carbocycles. The smallest absolute Gasteiger partial charge is 0.227 e. The number of aromatic amines is 2. The molecule has 1 aromatic carbocycles. The lowest BCUT2D eigenvalue weighted by molar-refractivity contribution is -0.134. The minimum Gasteiger partial charge on any atom is -0.350 e. The Labute approximate surface area is 157 Å². The van der Waals surface area contributed by atoms with Crippen LogP contribution in [0.5, 0.6) is 0 Å². The normalized spacial score (nSPS) is 18.4. The van der Waals surface area contributed by atoms with Crippen molar-refractivity contribution in [2.75, 3.05) is 24.5 Å². The number of carbonyl (C=O) groups is 1. The van der Waals surface area contributed by atoms with Gasteiger partial charge in [0.1, 0.15) is 5.65 Å². The molecule has 3 heterocycles. The number of nitrogens with zero attached hydrogens (tertiary/aromatic N) is 3. The largest absolute Gasteiger partial charge is 0.350 e. The van der Waals surface area contributed by atoms with E-state index < -0.39 is 0 Å². The van der Waals surface area contributed by atoms with Gasteiger partial charge >= 0.3 is 0 Å². The number of piperazine rings is 1. The Balaban J connectivity index is 1.32. The molecule has 3 aromatic rings. The van der Waals surface area contributed by atoms with E-state index in [0.717, 1.165) is 60.5 Å². The van der Waals surface area contributed by atoms with Crippen LogP contribution in [0, 0.1) is 0 Å². The SMILES string of the molecule is NCc1cccc(CC(=O)N2CCN(c3n[nH]c4[nH]ccc34)CC23CC3)c1. The first kappa shape index (κ1) is 16.4. The Morgan fingerprint density at radius 1 is 1.22 bits per heavy atom. The minimum absolute atomic E-state index is 0.0254. The van der Waals surface area contributed by atoms with Crippen molar-refractivity contribution in [2.24, 2.45) is 5.73 Å². The highest BCUT2D eigenvalue weighted by molar-refractivity contribution is 5.88. The summed E-state index contributed by atoms with van der Waals surface area (Å²) in [6.07, 6.45) is 4.51. The molecule has 7 heteroatoms. The van der Waals surface area contributed by atoms with Crippen molar-refractivity contribution in [3.8, 4) is 0 Å². The summed E-state index contributed by atoms with van der Waals surface area (Å²) in [6.45, 7) is 2.91. The van der Waals surface area contributed by atoms with E-state index in [2.05, 4.69) is 31.0 Å². The quantitative estimate of drug-likeness (QED) is 0.658. The van der Waals surface area contributed by atoms with Gasteiger partial charge in [0.15, 0.2) is 5.82 Å². The number of rotatable bonds is 4. The first-order valence-electron chi connectivity index (χ1n) is 9.53. The molecular weight excluding hydrogens is 340 g/mol. The summed E-state index contributed by atoms with van der Waals surface area (Å²) in [5.41, 5.74) is 8.77. The molecule has 0 atom stereocenters. The fraction of sp³-hybridized carbons (Fsp3) is 0.400. The third kappa shape index (κ3) is 2.78. The van der Waals surface area contributed by atoms with E-state index in [1.165, 1.54) is 0 Å². The first-order valence-corrected chi connectivity index (χ1v) is 9.53. The maximum atomic E-state index is 13.0. The van der Waals surface area contributed by atoms with Crippen LogP contribution >= 0.6 is 0 Å². The predicted molar refractivity (Wildman–Crippen MR) is 104 cm³/mol. The van der Waals surface area contributed by atoms with Gasteiger partial charge in [0.05, 0.1) is 17.3 Å². The Bertz CT molecular complexity index is 985. The highest BCUT2D eigenvalue weighted by Crippen LogP contribution is 2.45. The Kier molecular flexibility index (Phi) is 3.72. The van der Waals surface area contributed by atoms with Crippen LogP contribution in [0.25, 0.3) is 11.0 Å². The van der Waals surface area contributed by atoms with Gasteiger partial charge in [-0.2, -0.15) is 5.10 Å². The number of amides is 1. The average molecular weight is 364 g/mol. The molecule has 1 spiro atoms. The summed E-state index contributed by atoms with van der Waals surface area (Å²) in [4.78, 5) is 20.6. The van der Waals surface area contributed by atoms with Crippen LogP contribution in [0.1, 0.15) is 24.0 Å². The number of fused-ring (bicyclic) bond motifs is 1. The van der Waals surface area contributed by atoms with Gasteiger partial charge in [-0.15, -0.1) is 0 Å². The summed E-state index contributed by atoms with van der Waals surface area (Å²) >= 11 is 0. The van der Waals surface area contributed by atoms with Crippen LogP contribution in [0.3, 0.4) is 0 Å². The molecule has 4 N–H and O–H groups in total. The standard InChI is InChI=1S/C20H24N6O/c21-12-15-3-1-2-14(10-15)11-17(27)26-9-8-25(13-20(26)5-6-20)19-16-4-7-22-18(16)23-24-19/h1-4,7,10H,5-6,8-9,11-13,21H2,(H2,22,23,24). The zero-order valence-corrected chi connectivity index (χ0v) is 15.2. The van der Waals surface area contributed by atoms with Gasteiger partial charge in [0.2, 0.25) is 5.91 Å². The maximum Gasteiger partial charge on any atom is 0.227 e. The molecule has 1 amide bonds. The van der Waals surface area contributed by atoms with Crippen LogP contribution in [0.4, 0.5) is 5.82 Å². The molecule has 5 rings (SSSR count). The zero-order chi connectivity index (χ0) is 18.4. The van der Waals surface area contributed by atoms with Gasteiger partial charge in [-0.25, -0.2) is 0 Å². The molecule has 2 aliphatic rings. The number of nitrogens with two attached hydrogens (primary N) is 1. The fourth-order valence-corrected chi connectivity index (χ4v) is 4.31. The maximum absolute atomic E-state index is 13.0. The highest BCUT2D eigenvalue weighted by atomic mass is 16.2. The Morgan fingerprint density at radius 3 is 2.89 bits per heavy atom. The van der Waals surface area contributed by atoms with Crippen LogP contribution in [0.2, 0.25) is 0 Å². The molecule has 0 radical (unpaired) electrons. The van der Waals surface area contributed by atoms with E-state index in [4.69, 9.17) is 5.73 Å². The van der Waals surface area contributed by atoms with Crippen molar-refractivity contribution in [3.63, 3.8) is 0 Å². The van der Waals surface area contributed by atoms with E-state index in [1.807, 2.05) is 30.5 Å². The second-order valence-corrected chi connectivity index (χ2v) is 7.71. The van der Waals surface area contributed by atoms with Crippen LogP contribution in [-0.4, -0.2) is 51.2 Å². The van der Waals surface area contributed by atoms with Gasteiger partial charge in [0.25, 0.3) is 0 Å². The third-order valence-corrected chi connectivity index (χ3v) is 5.92. The van der Waals surface area contributed by atoms with Crippen molar-refractivity contribution in [2.45, 2.75) is 31.3 Å². The lowest BCUT2D eigenvalue weighted by atomic mass is 10.0. The average Bonchev–Trinajstić information content (AvgIpc) is 3.10. The van der Waals surface area contributed by atoms with Gasteiger partial charge in [0, 0.05) is 32.4 Å². The zero-order valence-electron chi connectivity index (χ0n) is 15.2. The number of hydrogen-bond donors (Lipinski definition) is 3. The van der Waals surface area contributed by atoms with Crippen LogP contribution < -0.4 is 10.6 Å². The van der Waals surface area contributed by atoms with Crippen molar-refractivity contribution < 1.29 is 4.79 Å². The van der Waals surface area contributed by atoms with E-state index in [9.17, 15) is 4.79 Å². The molecule has 2 fully saturated rings. The molecule has 0 unspecified atom stereocenters. The van der Waals surface area contributed by atoms with Crippen molar-refractivity contribution in [3.05, 3.63) is 47.7 Å². The van der Waals surface area contributed by atoms with Crippen molar-refractivity contribution >= 4 is 22.8 Å². The minimum atomic E-state index is -0.0254. The number of benzene rings is 1. The van der Waals surface area contributed by atoms with E-state index in [1.54, 1.807) is 0 Å². The molecular formula is C20H24N6O. The number of H-pyrrole nitrogens is 2. The second kappa shape index (κ2) is 6.13. The summed E-state index contributed by atoms with van der Waals surface area (Å²) in [5, 5.41) is 8.65. The van der Waals surface area contributed by atoms with Gasteiger partial charge in [-0.1, -0.05) is 24.3 Å². The van der Waals surface area contributed by atoms with Crippen molar-refractivity contribution in [1.82, 2.24) is 20.1 Å². The molecule has 7 nitrogen and oxygen atoms in total.